The number of aromatic amines is 1. The lowest BCUT2D eigenvalue weighted by Crippen LogP contribution is -2.62. The van der Waals surface area contributed by atoms with Crippen LogP contribution in [0.4, 0.5) is 0 Å². The van der Waals surface area contributed by atoms with Gasteiger partial charge < -0.3 is 30.9 Å². The number of pyridine rings is 1. The average molecular weight is 624 g/mol. The minimum atomic E-state index is -1.46. The fourth-order valence-corrected chi connectivity index (χ4v) is 6.07. The highest BCUT2D eigenvalue weighted by molar-refractivity contribution is 5.98. The molecule has 0 radical (unpaired) electrons. The highest BCUT2D eigenvalue weighted by Crippen LogP contribution is 2.23. The number of carbonyl (C=O) groups is 5. The molecule has 12 nitrogen and oxygen atoms in total. The second-order valence-corrected chi connectivity index (χ2v) is 12.2. The van der Waals surface area contributed by atoms with Crippen LogP contribution in [0.2, 0.25) is 0 Å². The number of H-pyrrole nitrogens is 1. The van der Waals surface area contributed by atoms with Gasteiger partial charge >= 0.3 is 0 Å². The number of unbranched alkanes of at least 4 members (excludes halogenated alkanes) is 1. The van der Waals surface area contributed by atoms with Gasteiger partial charge in [0.15, 0.2) is 11.2 Å². The molecule has 0 spiro atoms. The predicted octanol–water partition coefficient (Wildman–Crippen LogP) is 2.00. The lowest BCUT2D eigenvalue weighted by molar-refractivity contribution is -0.147. The van der Waals surface area contributed by atoms with Crippen molar-refractivity contribution in [3.8, 4) is 0 Å². The number of amides is 4. The third-order valence-corrected chi connectivity index (χ3v) is 9.10. The fourth-order valence-electron chi connectivity index (χ4n) is 6.07. The Bertz CT molecular complexity index is 1470. The first-order chi connectivity index (χ1) is 21.6. The van der Waals surface area contributed by atoms with E-state index in [4.69, 9.17) is 0 Å². The van der Waals surface area contributed by atoms with Gasteiger partial charge in [-0.2, -0.15) is 0 Å². The molecule has 0 aliphatic carbocycles. The van der Waals surface area contributed by atoms with E-state index in [1.54, 1.807) is 31.2 Å². The number of benzene rings is 1. The Labute approximate surface area is 262 Å². The van der Waals surface area contributed by atoms with Gasteiger partial charge in [0, 0.05) is 35.6 Å². The van der Waals surface area contributed by atoms with E-state index in [1.165, 1.54) is 11.1 Å². The largest absolute Gasteiger partial charge is 0.385 e. The number of ketones is 1. The van der Waals surface area contributed by atoms with Gasteiger partial charge in [-0.25, -0.2) is 0 Å². The van der Waals surface area contributed by atoms with Crippen LogP contribution >= 0.6 is 0 Å². The molecule has 1 aromatic carbocycles. The highest BCUT2D eigenvalue weighted by atomic mass is 16.3. The lowest BCUT2D eigenvalue weighted by atomic mass is 9.93. The fraction of sp³-hybridized carbons (Fsp3) is 0.576. The number of rotatable bonds is 10. The van der Waals surface area contributed by atoms with Crippen molar-refractivity contribution >= 4 is 40.3 Å². The Balaban J connectivity index is 1.71. The van der Waals surface area contributed by atoms with Crippen LogP contribution in [0.1, 0.15) is 90.2 Å². The number of Topliss-reactive ketones (excluding diaryl/α,β-unsaturated/α-hetero) is 1. The number of para-hydroxylation sites is 1. The molecule has 3 heterocycles. The predicted molar refractivity (Wildman–Crippen MR) is 168 cm³/mol. The second kappa shape index (κ2) is 15.3. The van der Waals surface area contributed by atoms with Crippen molar-refractivity contribution < 1.29 is 29.1 Å². The molecule has 0 bridgehead atoms. The van der Waals surface area contributed by atoms with Crippen LogP contribution in [-0.2, 0) is 24.0 Å². The molecule has 2 aliphatic heterocycles. The van der Waals surface area contributed by atoms with E-state index >= 15 is 0 Å². The highest BCUT2D eigenvalue weighted by Gasteiger charge is 2.41. The van der Waals surface area contributed by atoms with Gasteiger partial charge in [-0.3, -0.25) is 28.8 Å². The number of nitrogens with zero attached hydrogens (tertiary/aromatic N) is 1. The number of aliphatic hydroxyl groups is 1. The summed E-state index contributed by atoms with van der Waals surface area (Å²) in [5, 5.41) is 18.5. The van der Waals surface area contributed by atoms with Crippen LogP contribution in [0, 0.1) is 5.92 Å². The summed E-state index contributed by atoms with van der Waals surface area (Å²) >= 11 is 0. The number of nitrogens with one attached hydrogen (secondary N) is 4. The topological polar surface area (TPSA) is 178 Å². The van der Waals surface area contributed by atoms with Gasteiger partial charge in [0.2, 0.25) is 23.6 Å². The number of piperidine rings is 1. The van der Waals surface area contributed by atoms with Crippen molar-refractivity contribution in [1.29, 1.82) is 0 Å². The Morgan fingerprint density at radius 1 is 0.956 bits per heavy atom. The molecule has 6 atom stereocenters. The summed E-state index contributed by atoms with van der Waals surface area (Å²) in [5.41, 5.74) is 0.0998. The average Bonchev–Trinajstić information content (AvgIpc) is 3.06. The second-order valence-electron chi connectivity index (χ2n) is 12.2. The monoisotopic (exact) mass is 623 g/mol. The molecule has 12 heteroatoms. The molecule has 2 saturated heterocycles. The third kappa shape index (κ3) is 7.78. The molecule has 0 saturated carbocycles. The maximum atomic E-state index is 14.0. The Kier molecular flexibility index (Phi) is 11.5. The summed E-state index contributed by atoms with van der Waals surface area (Å²) in [6.07, 6.45) is 4.10. The lowest BCUT2D eigenvalue weighted by Gasteiger charge is -2.39. The van der Waals surface area contributed by atoms with Crippen LogP contribution in [-0.4, -0.2) is 75.2 Å². The molecule has 5 N–H and O–H groups in total. The molecule has 2 fully saturated rings. The van der Waals surface area contributed by atoms with E-state index < -0.39 is 53.4 Å². The van der Waals surface area contributed by atoms with Crippen molar-refractivity contribution in [2.45, 2.75) is 109 Å². The first-order valence-corrected chi connectivity index (χ1v) is 16.1. The van der Waals surface area contributed by atoms with Crippen LogP contribution in [0.15, 0.2) is 35.3 Å². The first kappa shape index (κ1) is 33.8. The number of aliphatic hydroxyl groups excluding tert-OH is 1. The molecular weight excluding hydrogens is 578 g/mol. The van der Waals surface area contributed by atoms with Gasteiger partial charge in [0.1, 0.15) is 30.3 Å². The van der Waals surface area contributed by atoms with Gasteiger partial charge in [-0.05, 0) is 56.6 Å². The molecule has 2 aromatic rings. The minimum Gasteiger partial charge on any atom is -0.385 e. The van der Waals surface area contributed by atoms with Crippen molar-refractivity contribution in [1.82, 2.24) is 25.8 Å². The Morgan fingerprint density at radius 2 is 1.71 bits per heavy atom. The van der Waals surface area contributed by atoms with Gasteiger partial charge in [-0.1, -0.05) is 45.7 Å². The van der Waals surface area contributed by atoms with Crippen molar-refractivity contribution in [2.75, 3.05) is 6.54 Å². The SMILES string of the molecule is CCC(O)C(=O)CCCC[C@@H]1NC(=O)[C@H]2CCCCN2C(=O)[C@H](C(C)CC)NC(=O)[C@H](c2c[nH]c3ccccc3c2=O)NC1=O. The summed E-state index contributed by atoms with van der Waals surface area (Å²) in [6.45, 7) is 5.79. The smallest absolute Gasteiger partial charge is 0.248 e. The first-order valence-electron chi connectivity index (χ1n) is 16.1. The van der Waals surface area contributed by atoms with E-state index in [9.17, 15) is 33.9 Å². The summed E-state index contributed by atoms with van der Waals surface area (Å²) in [5.74, 6) is -2.78. The number of aromatic nitrogens is 1. The van der Waals surface area contributed by atoms with Crippen LogP contribution in [0.25, 0.3) is 10.9 Å². The maximum absolute atomic E-state index is 14.0. The normalized spacial score (nSPS) is 24.4. The van der Waals surface area contributed by atoms with Crippen molar-refractivity contribution in [3.05, 3.63) is 46.2 Å². The van der Waals surface area contributed by atoms with Crippen molar-refractivity contribution in [2.24, 2.45) is 5.92 Å². The zero-order chi connectivity index (χ0) is 32.7. The molecule has 1 aromatic heterocycles. The quantitative estimate of drug-likeness (QED) is 0.251. The van der Waals surface area contributed by atoms with Gasteiger partial charge in [0.25, 0.3) is 0 Å². The Hall–Kier alpha value is -4.06. The van der Waals surface area contributed by atoms with E-state index in [0.717, 1.165) is 6.42 Å². The van der Waals surface area contributed by atoms with Gasteiger partial charge in [0.05, 0.1) is 0 Å². The molecule has 45 heavy (non-hydrogen) atoms. The Morgan fingerprint density at radius 3 is 2.44 bits per heavy atom. The summed E-state index contributed by atoms with van der Waals surface area (Å²) in [7, 11) is 0. The standard InChI is InChI=1S/C33H45N5O7/c1-4-19(3)27-33(45)38-17-11-10-15-24(38)31(43)35-23(14-8-9-16-26(40)25(39)5-2)30(42)37-28(32(44)36-27)21-18-34-22-13-7-6-12-20(22)29(21)41/h6-7,12-13,18-19,23-25,27-28,39H,4-5,8-11,14-17H2,1-3H3,(H,34,41)(H,35,43)(H,36,44)(H,37,42)/t19?,23-,24+,25?,27-,28-/m0/s1. The molecule has 4 amide bonds. The molecule has 2 unspecified atom stereocenters. The zero-order valence-electron chi connectivity index (χ0n) is 26.3. The number of carbonyl (C=O) groups excluding carboxylic acids is 5. The minimum absolute atomic E-state index is 0.00737. The molecular formula is C33H45N5O7. The van der Waals surface area contributed by atoms with E-state index in [0.29, 0.717) is 56.0 Å². The van der Waals surface area contributed by atoms with Crippen molar-refractivity contribution in [3.63, 3.8) is 0 Å². The molecule has 4 rings (SSSR count). The van der Waals surface area contributed by atoms with E-state index in [1.807, 2.05) is 13.8 Å². The molecule has 2 aliphatic rings. The van der Waals surface area contributed by atoms with Crippen LogP contribution < -0.4 is 21.4 Å². The number of hydrogen-bond donors (Lipinski definition) is 5. The summed E-state index contributed by atoms with van der Waals surface area (Å²) in [6, 6.07) is 2.49. The number of hydrogen-bond acceptors (Lipinski definition) is 7. The van der Waals surface area contributed by atoms with E-state index in [2.05, 4.69) is 20.9 Å². The van der Waals surface area contributed by atoms with E-state index in [-0.39, 0.29) is 36.0 Å². The van der Waals surface area contributed by atoms with Gasteiger partial charge in [-0.15, -0.1) is 0 Å². The summed E-state index contributed by atoms with van der Waals surface area (Å²) < 4.78 is 0. The number of fused-ring (bicyclic) bond motifs is 2. The molecule has 244 valence electrons. The third-order valence-electron chi connectivity index (χ3n) is 9.10. The van der Waals surface area contributed by atoms with Crippen LogP contribution in [0.3, 0.4) is 0 Å². The zero-order valence-corrected chi connectivity index (χ0v) is 26.3. The maximum Gasteiger partial charge on any atom is 0.248 e. The van der Waals surface area contributed by atoms with Crippen LogP contribution in [0.5, 0.6) is 0 Å². The summed E-state index contributed by atoms with van der Waals surface area (Å²) in [4.78, 5) is 85.8.